The van der Waals surface area contributed by atoms with Gasteiger partial charge in [0.2, 0.25) is 0 Å². The molecular weight excluding hydrogens is 358 g/mol. The molecule has 3 aromatic rings. The van der Waals surface area contributed by atoms with Gasteiger partial charge in [0.15, 0.2) is 0 Å². The zero-order chi connectivity index (χ0) is 18.6. The fourth-order valence-electron chi connectivity index (χ4n) is 3.72. The zero-order valence-corrected chi connectivity index (χ0v) is 16.6. The van der Waals surface area contributed by atoms with E-state index in [1.165, 1.54) is 29.7 Å². The van der Waals surface area contributed by atoms with Crippen molar-refractivity contribution in [1.82, 2.24) is 34.3 Å². The van der Waals surface area contributed by atoms with E-state index in [1.807, 2.05) is 24.1 Å². The second-order valence-corrected chi connectivity index (χ2v) is 7.92. The van der Waals surface area contributed by atoms with Crippen LogP contribution >= 0.6 is 11.9 Å². The highest BCUT2D eigenvalue weighted by Crippen LogP contribution is 2.31. The van der Waals surface area contributed by atoms with Crippen molar-refractivity contribution in [3.63, 3.8) is 0 Å². The molecule has 4 rings (SSSR count). The maximum atomic E-state index is 4.08. The second kappa shape index (κ2) is 8.22. The number of hydrogen-bond donors (Lipinski definition) is 1. The van der Waals surface area contributed by atoms with Gasteiger partial charge in [0.05, 0.1) is 0 Å². The average Bonchev–Trinajstić information content (AvgIpc) is 3.38. The van der Waals surface area contributed by atoms with Crippen molar-refractivity contribution >= 4 is 11.9 Å². The molecule has 1 saturated carbocycles. The van der Waals surface area contributed by atoms with Crippen LogP contribution in [0.25, 0.3) is 5.69 Å². The van der Waals surface area contributed by atoms with Crippen LogP contribution in [0.5, 0.6) is 0 Å². The Morgan fingerprint density at radius 1 is 1.15 bits per heavy atom. The molecule has 2 aromatic heterocycles. The van der Waals surface area contributed by atoms with E-state index in [2.05, 4.69) is 54.8 Å². The van der Waals surface area contributed by atoms with Crippen LogP contribution in [-0.4, -0.2) is 35.6 Å². The van der Waals surface area contributed by atoms with Gasteiger partial charge in [-0.25, -0.2) is 0 Å². The number of nitrogens with one attached hydrogen (secondary N) is 1. The third-order valence-electron chi connectivity index (χ3n) is 5.26. The summed E-state index contributed by atoms with van der Waals surface area (Å²) in [6, 6.07) is 7.57. The Bertz CT molecular complexity index is 874. The molecule has 142 valence electrons. The van der Waals surface area contributed by atoms with Gasteiger partial charge in [-0.1, -0.05) is 6.92 Å². The first-order valence-electron chi connectivity index (χ1n) is 9.51. The first-order valence-corrected chi connectivity index (χ1v) is 10.3. The summed E-state index contributed by atoms with van der Waals surface area (Å²) in [7, 11) is 0. The maximum Gasteiger partial charge on any atom is 0.134 e. The Kier molecular flexibility index (Phi) is 5.54. The van der Waals surface area contributed by atoms with E-state index in [-0.39, 0.29) is 0 Å². The SMILES string of the molecule is CCc1cc(-n2cnnc2C)ccc1SNC1CCCC(n2cnnc2)C1. The van der Waals surface area contributed by atoms with Gasteiger partial charge in [-0.3, -0.25) is 9.29 Å². The normalized spacial score (nSPS) is 20.1. The molecule has 0 amide bonds. The summed E-state index contributed by atoms with van der Waals surface area (Å²) in [5.74, 6) is 0.901. The Morgan fingerprint density at radius 3 is 2.74 bits per heavy atom. The fourth-order valence-corrected chi connectivity index (χ4v) is 4.70. The van der Waals surface area contributed by atoms with E-state index in [0.717, 1.165) is 24.4 Å². The Balaban J connectivity index is 1.42. The van der Waals surface area contributed by atoms with E-state index in [0.29, 0.717) is 12.1 Å². The first kappa shape index (κ1) is 18.2. The van der Waals surface area contributed by atoms with Gasteiger partial charge in [0, 0.05) is 22.7 Å². The van der Waals surface area contributed by atoms with E-state index in [4.69, 9.17) is 0 Å². The third-order valence-corrected chi connectivity index (χ3v) is 6.33. The molecule has 0 saturated heterocycles. The lowest BCUT2D eigenvalue weighted by Gasteiger charge is -2.30. The molecule has 1 aliphatic carbocycles. The number of aryl methyl sites for hydroxylation is 2. The summed E-state index contributed by atoms with van der Waals surface area (Å²) in [5.41, 5.74) is 2.45. The standard InChI is InChI=1S/C19H25N7S/c1-3-15-9-18(26-13-22-23-14(26)2)7-8-19(15)27-24-16-5-4-6-17(10-16)25-11-20-21-12-25/h7-9,11-13,16-17,24H,3-6,10H2,1-2H3. The van der Waals surface area contributed by atoms with E-state index >= 15 is 0 Å². The van der Waals surface area contributed by atoms with Gasteiger partial charge in [0.25, 0.3) is 0 Å². The quantitative estimate of drug-likeness (QED) is 0.657. The van der Waals surface area contributed by atoms with Gasteiger partial charge >= 0.3 is 0 Å². The van der Waals surface area contributed by atoms with Crippen molar-refractivity contribution < 1.29 is 0 Å². The highest BCUT2D eigenvalue weighted by molar-refractivity contribution is 7.97. The molecule has 0 radical (unpaired) electrons. The third kappa shape index (κ3) is 4.06. The topological polar surface area (TPSA) is 73.5 Å². The molecule has 2 unspecified atom stereocenters. The predicted molar refractivity (Wildman–Crippen MR) is 106 cm³/mol. The average molecular weight is 384 g/mol. The summed E-state index contributed by atoms with van der Waals surface area (Å²) in [4.78, 5) is 1.29. The van der Waals surface area contributed by atoms with Crippen LogP contribution in [0.15, 0.2) is 42.1 Å². The molecule has 7 nitrogen and oxygen atoms in total. The van der Waals surface area contributed by atoms with E-state index < -0.39 is 0 Å². The lowest BCUT2D eigenvalue weighted by atomic mass is 9.91. The minimum absolute atomic E-state index is 0.497. The molecule has 1 fully saturated rings. The molecule has 0 spiro atoms. The molecule has 2 atom stereocenters. The summed E-state index contributed by atoms with van der Waals surface area (Å²) in [6.07, 6.45) is 11.2. The fraction of sp³-hybridized carbons (Fsp3) is 0.474. The number of benzene rings is 1. The second-order valence-electron chi connectivity index (χ2n) is 7.04. The van der Waals surface area contributed by atoms with Crippen LogP contribution in [0.1, 0.15) is 50.0 Å². The number of rotatable bonds is 6. The van der Waals surface area contributed by atoms with Crippen LogP contribution in [-0.2, 0) is 6.42 Å². The van der Waals surface area contributed by atoms with Crippen LogP contribution < -0.4 is 4.72 Å². The highest BCUT2D eigenvalue weighted by Gasteiger charge is 2.23. The van der Waals surface area contributed by atoms with Crippen molar-refractivity contribution in [1.29, 1.82) is 0 Å². The molecule has 1 aliphatic rings. The van der Waals surface area contributed by atoms with Gasteiger partial charge in [-0.05, 0) is 74.7 Å². The lowest BCUT2D eigenvalue weighted by Crippen LogP contribution is -2.30. The van der Waals surface area contributed by atoms with Gasteiger partial charge in [0.1, 0.15) is 24.8 Å². The summed E-state index contributed by atoms with van der Waals surface area (Å²) < 4.78 is 7.87. The Morgan fingerprint density at radius 2 is 2.00 bits per heavy atom. The van der Waals surface area contributed by atoms with Crippen LogP contribution in [0.2, 0.25) is 0 Å². The molecular formula is C19H25N7S. The molecule has 0 aliphatic heterocycles. The number of nitrogens with zero attached hydrogens (tertiary/aromatic N) is 6. The predicted octanol–water partition coefficient (Wildman–Crippen LogP) is 3.51. The van der Waals surface area contributed by atoms with Crippen molar-refractivity contribution in [2.45, 2.75) is 62.9 Å². The largest absolute Gasteiger partial charge is 0.317 e. The molecule has 8 heteroatoms. The molecule has 2 heterocycles. The van der Waals surface area contributed by atoms with E-state index in [1.54, 1.807) is 18.3 Å². The van der Waals surface area contributed by atoms with Crippen LogP contribution in [0.3, 0.4) is 0 Å². The maximum absolute atomic E-state index is 4.08. The first-order chi connectivity index (χ1) is 13.2. The zero-order valence-electron chi connectivity index (χ0n) is 15.7. The van der Waals surface area contributed by atoms with Crippen molar-refractivity contribution in [2.75, 3.05) is 0 Å². The Hall–Kier alpha value is -2.19. The smallest absolute Gasteiger partial charge is 0.134 e. The van der Waals surface area contributed by atoms with Crippen molar-refractivity contribution in [3.05, 3.63) is 48.6 Å². The minimum Gasteiger partial charge on any atom is -0.317 e. The molecule has 1 N–H and O–H groups in total. The van der Waals surface area contributed by atoms with Crippen molar-refractivity contribution in [2.24, 2.45) is 0 Å². The number of hydrogen-bond acceptors (Lipinski definition) is 6. The summed E-state index contributed by atoms with van der Waals surface area (Å²) >= 11 is 1.76. The van der Waals surface area contributed by atoms with Crippen molar-refractivity contribution in [3.8, 4) is 5.69 Å². The Labute approximate surface area is 163 Å². The van der Waals surface area contributed by atoms with Gasteiger partial charge in [-0.15, -0.1) is 20.4 Å². The van der Waals surface area contributed by atoms with Gasteiger partial charge in [-0.2, -0.15) is 0 Å². The monoisotopic (exact) mass is 383 g/mol. The van der Waals surface area contributed by atoms with Crippen LogP contribution in [0.4, 0.5) is 0 Å². The number of aromatic nitrogens is 6. The van der Waals surface area contributed by atoms with Crippen LogP contribution in [0, 0.1) is 6.92 Å². The molecule has 27 heavy (non-hydrogen) atoms. The summed E-state index contributed by atoms with van der Waals surface area (Å²) in [6.45, 7) is 4.17. The minimum atomic E-state index is 0.497. The van der Waals surface area contributed by atoms with Gasteiger partial charge < -0.3 is 4.57 Å². The van der Waals surface area contributed by atoms with E-state index in [9.17, 15) is 0 Å². The summed E-state index contributed by atoms with van der Waals surface area (Å²) in [5, 5.41) is 16.0. The highest BCUT2D eigenvalue weighted by atomic mass is 32.2. The molecule has 1 aromatic carbocycles. The lowest BCUT2D eigenvalue weighted by molar-refractivity contribution is 0.309. The molecule has 0 bridgehead atoms.